The van der Waals surface area contributed by atoms with Crippen molar-refractivity contribution < 1.29 is 9.31 Å². The Bertz CT molecular complexity index is 437. The van der Waals surface area contributed by atoms with Gasteiger partial charge in [-0.15, -0.1) is 0 Å². The summed E-state index contributed by atoms with van der Waals surface area (Å²) in [6.45, 7) is 6.94. The summed E-state index contributed by atoms with van der Waals surface area (Å²) in [5, 5.41) is 14.4. The van der Waals surface area contributed by atoms with E-state index >= 15 is 0 Å². The maximum atomic E-state index is 13.2. The molecule has 0 bridgehead atoms. The molecule has 0 aliphatic rings. The number of rotatable bonds is 7. The molecule has 0 heterocycles. The molecular formula is C14H21FN2O2. The third-order valence-corrected chi connectivity index (χ3v) is 3.35. The van der Waals surface area contributed by atoms with Gasteiger partial charge in [-0.05, 0) is 38.4 Å². The van der Waals surface area contributed by atoms with Crippen molar-refractivity contribution in [3.05, 3.63) is 39.7 Å². The predicted molar refractivity (Wildman–Crippen MR) is 73.8 cm³/mol. The second-order valence-corrected chi connectivity index (χ2v) is 4.72. The van der Waals surface area contributed by atoms with E-state index in [4.69, 9.17) is 0 Å². The fourth-order valence-electron chi connectivity index (χ4n) is 2.35. The summed E-state index contributed by atoms with van der Waals surface area (Å²) in [7, 11) is 0. The number of nitrogens with zero attached hydrogens (tertiary/aromatic N) is 1. The highest BCUT2D eigenvalue weighted by Crippen LogP contribution is 2.31. The third-order valence-electron chi connectivity index (χ3n) is 3.35. The highest BCUT2D eigenvalue weighted by Gasteiger charge is 2.25. The Balaban J connectivity index is 3.07. The van der Waals surface area contributed by atoms with Crippen LogP contribution in [0.25, 0.3) is 0 Å². The SMILES string of the molecule is CCCNC(C)C(CC)c1ccc(F)cc1[N+](=O)[O-]. The fourth-order valence-corrected chi connectivity index (χ4v) is 2.35. The van der Waals surface area contributed by atoms with Crippen molar-refractivity contribution in [2.24, 2.45) is 0 Å². The summed E-state index contributed by atoms with van der Waals surface area (Å²) in [4.78, 5) is 10.5. The molecule has 0 amide bonds. The zero-order chi connectivity index (χ0) is 14.4. The Kier molecular flexibility index (Phi) is 5.89. The minimum absolute atomic E-state index is 0.00699. The Morgan fingerprint density at radius 1 is 1.42 bits per heavy atom. The molecule has 0 saturated carbocycles. The van der Waals surface area contributed by atoms with Gasteiger partial charge < -0.3 is 5.32 Å². The van der Waals surface area contributed by atoms with Crippen LogP contribution >= 0.6 is 0 Å². The zero-order valence-electron chi connectivity index (χ0n) is 11.6. The van der Waals surface area contributed by atoms with Crippen molar-refractivity contribution in [2.75, 3.05) is 6.54 Å². The topological polar surface area (TPSA) is 55.2 Å². The monoisotopic (exact) mass is 268 g/mol. The first-order valence-electron chi connectivity index (χ1n) is 6.68. The van der Waals surface area contributed by atoms with Crippen molar-refractivity contribution in [1.82, 2.24) is 5.32 Å². The van der Waals surface area contributed by atoms with E-state index in [0.29, 0.717) is 5.56 Å². The maximum Gasteiger partial charge on any atom is 0.275 e. The van der Waals surface area contributed by atoms with Gasteiger partial charge in [0.1, 0.15) is 5.82 Å². The molecule has 5 heteroatoms. The number of hydrogen-bond acceptors (Lipinski definition) is 3. The van der Waals surface area contributed by atoms with Crippen LogP contribution in [0.15, 0.2) is 18.2 Å². The van der Waals surface area contributed by atoms with Gasteiger partial charge in [0.05, 0.1) is 11.0 Å². The number of nitro benzene ring substituents is 1. The van der Waals surface area contributed by atoms with Crippen LogP contribution in [0.5, 0.6) is 0 Å². The van der Waals surface area contributed by atoms with Gasteiger partial charge in [0.15, 0.2) is 0 Å². The van der Waals surface area contributed by atoms with Crippen LogP contribution < -0.4 is 5.32 Å². The van der Waals surface area contributed by atoms with Gasteiger partial charge in [-0.1, -0.05) is 13.8 Å². The van der Waals surface area contributed by atoms with Crippen LogP contribution in [0.2, 0.25) is 0 Å². The number of halogens is 1. The molecule has 1 aromatic carbocycles. The lowest BCUT2D eigenvalue weighted by Crippen LogP contribution is -2.32. The van der Waals surface area contributed by atoms with E-state index in [9.17, 15) is 14.5 Å². The van der Waals surface area contributed by atoms with Gasteiger partial charge in [-0.25, -0.2) is 4.39 Å². The lowest BCUT2D eigenvalue weighted by molar-refractivity contribution is -0.386. The summed E-state index contributed by atoms with van der Waals surface area (Å²) in [5.41, 5.74) is 0.474. The Morgan fingerprint density at radius 3 is 2.63 bits per heavy atom. The van der Waals surface area contributed by atoms with Crippen molar-refractivity contribution >= 4 is 5.69 Å². The lowest BCUT2D eigenvalue weighted by Gasteiger charge is -2.24. The quantitative estimate of drug-likeness (QED) is 0.607. The highest BCUT2D eigenvalue weighted by atomic mass is 19.1. The van der Waals surface area contributed by atoms with Gasteiger partial charge in [0.2, 0.25) is 0 Å². The van der Waals surface area contributed by atoms with E-state index in [-0.39, 0.29) is 17.6 Å². The fraction of sp³-hybridized carbons (Fsp3) is 0.571. The zero-order valence-corrected chi connectivity index (χ0v) is 11.6. The molecule has 0 aliphatic heterocycles. The Hall–Kier alpha value is -1.49. The molecule has 4 nitrogen and oxygen atoms in total. The van der Waals surface area contributed by atoms with Gasteiger partial charge in [-0.3, -0.25) is 10.1 Å². The van der Waals surface area contributed by atoms with Crippen LogP contribution in [0.4, 0.5) is 10.1 Å². The second kappa shape index (κ2) is 7.19. The molecular weight excluding hydrogens is 247 g/mol. The molecule has 0 saturated heterocycles. The van der Waals surface area contributed by atoms with Crippen molar-refractivity contribution in [2.45, 2.75) is 45.6 Å². The molecule has 1 rings (SSSR count). The summed E-state index contributed by atoms with van der Waals surface area (Å²) in [6.07, 6.45) is 1.77. The van der Waals surface area contributed by atoms with E-state index in [2.05, 4.69) is 12.2 Å². The summed E-state index contributed by atoms with van der Waals surface area (Å²) < 4.78 is 13.2. The molecule has 0 aliphatic carbocycles. The largest absolute Gasteiger partial charge is 0.314 e. The Labute approximate surface area is 113 Å². The number of benzene rings is 1. The smallest absolute Gasteiger partial charge is 0.275 e. The third kappa shape index (κ3) is 3.99. The molecule has 1 N–H and O–H groups in total. The maximum absolute atomic E-state index is 13.2. The van der Waals surface area contributed by atoms with Gasteiger partial charge in [0.25, 0.3) is 5.69 Å². The first kappa shape index (κ1) is 15.6. The molecule has 2 unspecified atom stereocenters. The van der Waals surface area contributed by atoms with E-state index < -0.39 is 10.7 Å². The molecule has 0 radical (unpaired) electrons. The molecule has 0 aromatic heterocycles. The Morgan fingerprint density at radius 2 is 2.11 bits per heavy atom. The highest BCUT2D eigenvalue weighted by molar-refractivity contribution is 5.43. The van der Waals surface area contributed by atoms with E-state index in [1.165, 1.54) is 12.1 Å². The summed E-state index contributed by atoms with van der Waals surface area (Å²) in [5.74, 6) is -0.563. The van der Waals surface area contributed by atoms with E-state index in [1.807, 2.05) is 13.8 Å². The predicted octanol–water partition coefficient (Wildman–Crippen LogP) is 3.62. The molecule has 19 heavy (non-hydrogen) atoms. The van der Waals surface area contributed by atoms with E-state index in [1.54, 1.807) is 0 Å². The number of nitro groups is 1. The van der Waals surface area contributed by atoms with Gasteiger partial charge in [0, 0.05) is 17.5 Å². The average Bonchev–Trinajstić information content (AvgIpc) is 2.38. The minimum atomic E-state index is -0.570. The first-order chi connectivity index (χ1) is 9.01. The molecule has 1 aromatic rings. The van der Waals surface area contributed by atoms with Crippen LogP contribution in [0.1, 0.15) is 45.1 Å². The van der Waals surface area contributed by atoms with Gasteiger partial charge in [-0.2, -0.15) is 0 Å². The summed E-state index contributed by atoms with van der Waals surface area (Å²) in [6, 6.07) is 3.95. The van der Waals surface area contributed by atoms with Crippen LogP contribution in [-0.4, -0.2) is 17.5 Å². The molecule has 2 atom stereocenters. The van der Waals surface area contributed by atoms with Crippen molar-refractivity contribution in [3.63, 3.8) is 0 Å². The van der Waals surface area contributed by atoms with Crippen LogP contribution in [0, 0.1) is 15.9 Å². The summed E-state index contributed by atoms with van der Waals surface area (Å²) >= 11 is 0. The second-order valence-electron chi connectivity index (χ2n) is 4.72. The first-order valence-corrected chi connectivity index (χ1v) is 6.68. The van der Waals surface area contributed by atoms with Crippen LogP contribution in [0.3, 0.4) is 0 Å². The number of hydrogen-bond donors (Lipinski definition) is 1. The van der Waals surface area contributed by atoms with Crippen molar-refractivity contribution in [3.8, 4) is 0 Å². The van der Waals surface area contributed by atoms with Crippen LogP contribution in [-0.2, 0) is 0 Å². The average molecular weight is 268 g/mol. The minimum Gasteiger partial charge on any atom is -0.314 e. The standard InChI is InChI=1S/C14H21FN2O2/c1-4-8-16-10(3)12(5-2)13-7-6-11(15)9-14(13)17(18)19/h6-7,9-10,12,16H,4-5,8H2,1-3H3. The van der Waals surface area contributed by atoms with Crippen molar-refractivity contribution in [1.29, 1.82) is 0 Å². The molecule has 0 fully saturated rings. The molecule has 106 valence electrons. The molecule has 0 spiro atoms. The number of nitrogens with one attached hydrogen (secondary N) is 1. The lowest BCUT2D eigenvalue weighted by atomic mass is 9.88. The van der Waals surface area contributed by atoms with Gasteiger partial charge >= 0.3 is 0 Å². The normalized spacial score (nSPS) is 14.1. The van der Waals surface area contributed by atoms with E-state index in [0.717, 1.165) is 25.5 Å².